The lowest BCUT2D eigenvalue weighted by Gasteiger charge is -2.36. The summed E-state index contributed by atoms with van der Waals surface area (Å²) in [5.41, 5.74) is 4.51. The number of pyridine rings is 1. The van der Waals surface area contributed by atoms with Crippen LogP contribution in [0.4, 0.5) is 11.6 Å². The van der Waals surface area contributed by atoms with Crippen molar-refractivity contribution < 1.29 is 4.74 Å². The first-order valence-electron chi connectivity index (χ1n) is 11.0. The molecule has 0 N–H and O–H groups in total. The van der Waals surface area contributed by atoms with Crippen molar-refractivity contribution in [3.8, 4) is 6.07 Å². The van der Waals surface area contributed by atoms with Gasteiger partial charge in [0.15, 0.2) is 0 Å². The van der Waals surface area contributed by atoms with Crippen LogP contribution in [-0.4, -0.2) is 55.8 Å². The summed E-state index contributed by atoms with van der Waals surface area (Å²) < 4.78 is 5.59. The Morgan fingerprint density at radius 3 is 2.47 bits per heavy atom. The number of nitrogens with zero attached hydrogens (tertiary/aromatic N) is 5. The molecule has 0 unspecified atom stereocenters. The van der Waals surface area contributed by atoms with Crippen LogP contribution in [0, 0.1) is 11.3 Å². The van der Waals surface area contributed by atoms with Gasteiger partial charge in [0, 0.05) is 51.4 Å². The smallest absolute Gasteiger partial charge is 0.149 e. The van der Waals surface area contributed by atoms with Crippen molar-refractivity contribution >= 4 is 11.6 Å². The summed E-state index contributed by atoms with van der Waals surface area (Å²) >= 11 is 0. The summed E-state index contributed by atoms with van der Waals surface area (Å²) in [5, 5.41) is 10.1. The molecule has 1 fully saturated rings. The fourth-order valence-corrected chi connectivity index (χ4v) is 4.54. The highest BCUT2D eigenvalue weighted by atomic mass is 16.5. The number of fused-ring (bicyclic) bond motifs is 1. The van der Waals surface area contributed by atoms with E-state index in [-0.39, 0.29) is 0 Å². The van der Waals surface area contributed by atoms with E-state index in [1.54, 1.807) is 0 Å². The summed E-state index contributed by atoms with van der Waals surface area (Å²) in [7, 11) is 0. The molecule has 158 valence electrons. The summed E-state index contributed by atoms with van der Waals surface area (Å²) in [6.45, 7) is 11.8. The predicted molar refractivity (Wildman–Crippen MR) is 120 cm³/mol. The molecule has 0 atom stereocenters. The summed E-state index contributed by atoms with van der Waals surface area (Å²) in [5.74, 6) is 1.89. The van der Waals surface area contributed by atoms with Crippen molar-refractivity contribution in [1.29, 1.82) is 5.26 Å². The molecule has 0 amide bonds. The molecule has 0 radical (unpaired) electrons. The number of nitriles is 1. The fourth-order valence-electron chi connectivity index (χ4n) is 4.54. The first-order valence-corrected chi connectivity index (χ1v) is 11.0. The van der Waals surface area contributed by atoms with E-state index in [9.17, 15) is 5.26 Å². The molecule has 0 bridgehead atoms. The maximum Gasteiger partial charge on any atom is 0.149 e. The van der Waals surface area contributed by atoms with Gasteiger partial charge in [-0.15, -0.1) is 0 Å². The van der Waals surface area contributed by atoms with Crippen LogP contribution in [0.2, 0.25) is 0 Å². The monoisotopic (exact) mass is 405 g/mol. The van der Waals surface area contributed by atoms with Gasteiger partial charge in [0.2, 0.25) is 0 Å². The van der Waals surface area contributed by atoms with Gasteiger partial charge in [-0.25, -0.2) is 4.98 Å². The molecule has 30 heavy (non-hydrogen) atoms. The van der Waals surface area contributed by atoms with Crippen molar-refractivity contribution in [2.24, 2.45) is 0 Å². The first-order chi connectivity index (χ1) is 14.7. The van der Waals surface area contributed by atoms with Crippen molar-refractivity contribution in [3.05, 3.63) is 52.6 Å². The van der Waals surface area contributed by atoms with Crippen LogP contribution in [0.3, 0.4) is 0 Å². The number of morpholine rings is 1. The minimum Gasteiger partial charge on any atom is -0.378 e. The molecule has 6 nitrogen and oxygen atoms in total. The molecule has 0 aliphatic carbocycles. The quantitative estimate of drug-likeness (QED) is 0.736. The normalized spacial score (nSPS) is 16.8. The third-order valence-corrected chi connectivity index (χ3v) is 6.17. The third kappa shape index (κ3) is 4.14. The average Bonchev–Trinajstić information content (AvgIpc) is 2.80. The van der Waals surface area contributed by atoms with E-state index in [4.69, 9.17) is 9.72 Å². The fraction of sp³-hybridized carbons (Fsp3) is 0.500. The first kappa shape index (κ1) is 20.6. The molecule has 1 aromatic carbocycles. The maximum atomic E-state index is 10.1. The Morgan fingerprint density at radius 1 is 1.07 bits per heavy atom. The second-order valence-electron chi connectivity index (χ2n) is 7.92. The SMILES string of the molecule is CCN(CC)c1nc(N2CCOCC2)c2c(c1C#N)CCN(Cc1ccccc1)C2. The summed E-state index contributed by atoms with van der Waals surface area (Å²) in [6.07, 6.45) is 0.888. The molecular weight excluding hydrogens is 374 g/mol. The zero-order valence-corrected chi connectivity index (χ0v) is 18.1. The Bertz CT molecular complexity index is 898. The molecule has 1 aromatic heterocycles. The Morgan fingerprint density at radius 2 is 1.80 bits per heavy atom. The van der Waals surface area contributed by atoms with E-state index in [2.05, 4.69) is 64.9 Å². The highest BCUT2D eigenvalue weighted by Crippen LogP contribution is 2.35. The van der Waals surface area contributed by atoms with Crippen LogP contribution < -0.4 is 9.80 Å². The Hall–Kier alpha value is -2.62. The molecule has 2 aliphatic heterocycles. The van der Waals surface area contributed by atoms with Gasteiger partial charge in [0.1, 0.15) is 17.7 Å². The number of rotatable bonds is 6. The molecule has 2 aliphatic rings. The highest BCUT2D eigenvalue weighted by Gasteiger charge is 2.29. The van der Waals surface area contributed by atoms with E-state index < -0.39 is 0 Å². The predicted octanol–water partition coefficient (Wildman–Crippen LogP) is 3.19. The summed E-state index contributed by atoms with van der Waals surface area (Å²) in [6, 6.07) is 13.1. The van der Waals surface area contributed by atoms with Crippen LogP contribution >= 0.6 is 0 Å². The minimum atomic E-state index is 0.727. The van der Waals surface area contributed by atoms with Crippen LogP contribution in [0.1, 0.15) is 36.1 Å². The third-order valence-electron chi connectivity index (χ3n) is 6.17. The van der Waals surface area contributed by atoms with Crippen LogP contribution in [0.15, 0.2) is 30.3 Å². The van der Waals surface area contributed by atoms with Crippen molar-refractivity contribution in [2.75, 3.05) is 55.7 Å². The van der Waals surface area contributed by atoms with Crippen molar-refractivity contribution in [1.82, 2.24) is 9.88 Å². The lowest BCUT2D eigenvalue weighted by atomic mass is 9.94. The minimum absolute atomic E-state index is 0.727. The second kappa shape index (κ2) is 9.46. The molecule has 0 spiro atoms. The van der Waals surface area contributed by atoms with Crippen LogP contribution in [0.5, 0.6) is 0 Å². The number of aromatic nitrogens is 1. The zero-order valence-electron chi connectivity index (χ0n) is 18.1. The molecule has 3 heterocycles. The van der Waals surface area contributed by atoms with Gasteiger partial charge >= 0.3 is 0 Å². The number of anilines is 2. The number of hydrogen-bond acceptors (Lipinski definition) is 6. The van der Waals surface area contributed by atoms with Crippen molar-refractivity contribution in [2.45, 2.75) is 33.4 Å². The number of benzene rings is 1. The molecule has 1 saturated heterocycles. The Labute approximate surface area is 179 Å². The van der Waals surface area contributed by atoms with Gasteiger partial charge in [-0.1, -0.05) is 30.3 Å². The van der Waals surface area contributed by atoms with E-state index >= 15 is 0 Å². The van der Waals surface area contributed by atoms with Gasteiger partial charge in [0.05, 0.1) is 18.8 Å². The van der Waals surface area contributed by atoms with E-state index in [1.807, 2.05) is 0 Å². The largest absolute Gasteiger partial charge is 0.378 e. The Balaban J connectivity index is 1.74. The van der Waals surface area contributed by atoms with Crippen molar-refractivity contribution in [3.63, 3.8) is 0 Å². The van der Waals surface area contributed by atoms with Crippen LogP contribution in [-0.2, 0) is 24.2 Å². The zero-order chi connectivity index (χ0) is 20.9. The lowest BCUT2D eigenvalue weighted by molar-refractivity contribution is 0.122. The molecule has 0 saturated carbocycles. The topological polar surface area (TPSA) is 55.6 Å². The molecule has 4 rings (SSSR count). The summed E-state index contributed by atoms with van der Waals surface area (Å²) in [4.78, 5) is 12.1. The number of ether oxygens (including phenoxy) is 1. The van der Waals surface area contributed by atoms with E-state index in [1.165, 1.54) is 16.7 Å². The van der Waals surface area contributed by atoms with Crippen LogP contribution in [0.25, 0.3) is 0 Å². The molecular formula is C24H31N5O. The van der Waals surface area contributed by atoms with Gasteiger partial charge < -0.3 is 14.5 Å². The average molecular weight is 406 g/mol. The van der Waals surface area contributed by atoms with E-state index in [0.29, 0.717) is 0 Å². The molecule has 6 heteroatoms. The van der Waals surface area contributed by atoms with Gasteiger partial charge in [-0.2, -0.15) is 5.26 Å². The lowest BCUT2D eigenvalue weighted by Crippen LogP contribution is -2.40. The number of hydrogen-bond donors (Lipinski definition) is 0. The van der Waals surface area contributed by atoms with Gasteiger partial charge in [-0.05, 0) is 31.4 Å². The van der Waals surface area contributed by atoms with E-state index in [0.717, 1.165) is 82.6 Å². The van der Waals surface area contributed by atoms with Gasteiger partial charge in [-0.3, -0.25) is 4.90 Å². The second-order valence-corrected chi connectivity index (χ2v) is 7.92. The highest BCUT2D eigenvalue weighted by molar-refractivity contribution is 5.67. The standard InChI is InChI=1S/C24H31N5O/c1-3-28(4-2)23-21(16-25)20-10-11-27(17-19-8-6-5-7-9-19)18-22(20)24(26-23)29-12-14-30-15-13-29/h5-9H,3-4,10-15,17-18H2,1-2H3. The maximum absolute atomic E-state index is 10.1. The molecule has 2 aromatic rings. The Kier molecular flexibility index (Phi) is 6.51. The van der Waals surface area contributed by atoms with Gasteiger partial charge in [0.25, 0.3) is 0 Å².